The Bertz CT molecular complexity index is 591. The SMILES string of the molecule is CN(Cc1nnsc1Cl)C[C@@H]1C[C@H](F)CN1Cc1cccs1. The van der Waals surface area contributed by atoms with E-state index in [1.807, 2.05) is 13.1 Å². The van der Waals surface area contributed by atoms with Crippen molar-refractivity contribution in [3.8, 4) is 0 Å². The fraction of sp³-hybridized carbons (Fsp3) is 0.571. The fourth-order valence-corrected chi connectivity index (χ4v) is 4.22. The Kier molecular flexibility index (Phi) is 5.41. The first-order valence-electron chi connectivity index (χ1n) is 7.17. The number of rotatable bonds is 6. The molecule has 0 aliphatic carbocycles. The molecule has 1 saturated heterocycles. The van der Waals surface area contributed by atoms with E-state index in [0.717, 1.165) is 18.8 Å². The second-order valence-corrected chi connectivity index (χ2v) is 8.07. The third kappa shape index (κ3) is 4.02. The van der Waals surface area contributed by atoms with Gasteiger partial charge in [0, 0.05) is 48.6 Å². The molecule has 4 nitrogen and oxygen atoms in total. The number of likely N-dealkylation sites (tertiary alicyclic amines) is 1. The van der Waals surface area contributed by atoms with Gasteiger partial charge in [0.1, 0.15) is 16.2 Å². The molecule has 2 aromatic rings. The van der Waals surface area contributed by atoms with Crippen molar-refractivity contribution in [1.82, 2.24) is 19.4 Å². The van der Waals surface area contributed by atoms with E-state index in [9.17, 15) is 4.39 Å². The highest BCUT2D eigenvalue weighted by atomic mass is 35.5. The third-order valence-corrected chi connectivity index (χ3v) is 5.71. The summed E-state index contributed by atoms with van der Waals surface area (Å²) in [6.45, 7) is 2.81. The van der Waals surface area contributed by atoms with Gasteiger partial charge >= 0.3 is 0 Å². The molecular formula is C14H18ClFN4S2. The smallest absolute Gasteiger partial charge is 0.138 e. The minimum Gasteiger partial charge on any atom is -0.299 e. The number of hydrogen-bond donors (Lipinski definition) is 0. The summed E-state index contributed by atoms with van der Waals surface area (Å²) >= 11 is 8.97. The summed E-state index contributed by atoms with van der Waals surface area (Å²) < 4.78 is 18.3. The van der Waals surface area contributed by atoms with E-state index in [0.29, 0.717) is 23.8 Å². The number of thiophene rings is 1. The molecule has 0 amide bonds. The standard InChI is InChI=1S/C14H18ClFN4S2/c1-19(9-13-14(15)22-18-17-13)7-11-5-10(16)6-20(11)8-12-3-2-4-21-12/h2-4,10-11H,5-9H2,1H3/t10-,11-/m0/s1. The average Bonchev–Trinajstić information content (AvgIpc) is 3.16. The first kappa shape index (κ1) is 16.3. The molecule has 1 aliphatic heterocycles. The maximum absolute atomic E-state index is 13.8. The Balaban J connectivity index is 1.58. The third-order valence-electron chi connectivity index (χ3n) is 3.87. The Morgan fingerprint density at radius 1 is 1.55 bits per heavy atom. The molecule has 120 valence electrons. The number of halogens is 2. The van der Waals surface area contributed by atoms with Crippen LogP contribution < -0.4 is 0 Å². The summed E-state index contributed by atoms with van der Waals surface area (Å²) in [4.78, 5) is 5.68. The van der Waals surface area contributed by atoms with Crippen molar-refractivity contribution < 1.29 is 4.39 Å². The molecule has 1 fully saturated rings. The number of likely N-dealkylation sites (N-methyl/N-ethyl adjacent to an activating group) is 1. The molecule has 0 N–H and O–H groups in total. The van der Waals surface area contributed by atoms with Gasteiger partial charge in [-0.05, 0) is 24.9 Å². The van der Waals surface area contributed by atoms with Gasteiger partial charge in [0.2, 0.25) is 0 Å². The van der Waals surface area contributed by atoms with Crippen molar-refractivity contribution in [2.45, 2.75) is 31.7 Å². The highest BCUT2D eigenvalue weighted by Crippen LogP contribution is 2.25. The molecule has 22 heavy (non-hydrogen) atoms. The monoisotopic (exact) mass is 360 g/mol. The number of aromatic nitrogens is 2. The fourth-order valence-electron chi connectivity index (χ4n) is 2.88. The summed E-state index contributed by atoms with van der Waals surface area (Å²) in [6.07, 6.45) is -0.137. The van der Waals surface area contributed by atoms with Gasteiger partial charge < -0.3 is 0 Å². The van der Waals surface area contributed by atoms with Crippen LogP contribution in [0.2, 0.25) is 4.34 Å². The summed E-state index contributed by atoms with van der Waals surface area (Å²) in [5, 5.41) is 6.10. The van der Waals surface area contributed by atoms with Crippen LogP contribution in [0.5, 0.6) is 0 Å². The van der Waals surface area contributed by atoms with Crippen LogP contribution in [0.3, 0.4) is 0 Å². The van der Waals surface area contributed by atoms with Crippen LogP contribution in [-0.2, 0) is 13.1 Å². The van der Waals surface area contributed by atoms with Crippen molar-refractivity contribution in [1.29, 1.82) is 0 Å². The molecule has 1 aliphatic rings. The zero-order chi connectivity index (χ0) is 15.5. The van der Waals surface area contributed by atoms with Gasteiger partial charge in [-0.3, -0.25) is 9.80 Å². The molecule has 0 saturated carbocycles. The molecule has 3 rings (SSSR count). The summed E-state index contributed by atoms with van der Waals surface area (Å²) in [5.41, 5.74) is 0.800. The van der Waals surface area contributed by atoms with Gasteiger partial charge in [-0.15, -0.1) is 16.4 Å². The zero-order valence-electron chi connectivity index (χ0n) is 12.3. The number of hydrogen-bond acceptors (Lipinski definition) is 6. The Hall–Kier alpha value is -0.600. The van der Waals surface area contributed by atoms with E-state index in [-0.39, 0.29) is 6.04 Å². The molecule has 0 aromatic carbocycles. The Morgan fingerprint density at radius 3 is 3.09 bits per heavy atom. The van der Waals surface area contributed by atoms with Crippen LogP contribution >= 0.6 is 34.5 Å². The van der Waals surface area contributed by atoms with Crippen LogP contribution in [-0.4, -0.2) is 51.7 Å². The minimum absolute atomic E-state index is 0.229. The Labute approximate surface area is 142 Å². The predicted octanol–water partition coefficient (Wildman–Crippen LogP) is 3.30. The molecule has 0 spiro atoms. The van der Waals surface area contributed by atoms with E-state index < -0.39 is 6.17 Å². The van der Waals surface area contributed by atoms with E-state index >= 15 is 0 Å². The highest BCUT2D eigenvalue weighted by molar-refractivity contribution is 7.10. The lowest BCUT2D eigenvalue weighted by molar-refractivity contribution is 0.181. The molecule has 0 radical (unpaired) electrons. The first-order chi connectivity index (χ1) is 10.6. The lowest BCUT2D eigenvalue weighted by atomic mass is 10.2. The van der Waals surface area contributed by atoms with Crippen molar-refractivity contribution in [2.24, 2.45) is 0 Å². The number of nitrogens with zero attached hydrogens (tertiary/aromatic N) is 4. The lowest BCUT2D eigenvalue weighted by Gasteiger charge is -2.27. The summed E-state index contributed by atoms with van der Waals surface area (Å²) in [6, 6.07) is 4.38. The van der Waals surface area contributed by atoms with Crippen molar-refractivity contribution in [3.63, 3.8) is 0 Å². The molecule has 2 aromatic heterocycles. The van der Waals surface area contributed by atoms with Gasteiger partial charge in [-0.1, -0.05) is 22.2 Å². The second kappa shape index (κ2) is 7.31. The maximum Gasteiger partial charge on any atom is 0.138 e. The first-order valence-corrected chi connectivity index (χ1v) is 9.20. The largest absolute Gasteiger partial charge is 0.299 e. The highest BCUT2D eigenvalue weighted by Gasteiger charge is 2.32. The van der Waals surface area contributed by atoms with E-state index in [1.165, 1.54) is 16.4 Å². The summed E-state index contributed by atoms with van der Waals surface area (Å²) in [7, 11) is 2.02. The quantitative estimate of drug-likeness (QED) is 0.791. The topological polar surface area (TPSA) is 32.3 Å². The van der Waals surface area contributed by atoms with Crippen molar-refractivity contribution in [2.75, 3.05) is 20.1 Å². The average molecular weight is 361 g/mol. The molecule has 2 atom stereocenters. The minimum atomic E-state index is -0.733. The Morgan fingerprint density at radius 2 is 2.41 bits per heavy atom. The van der Waals surface area contributed by atoms with Crippen molar-refractivity contribution >= 4 is 34.5 Å². The van der Waals surface area contributed by atoms with Crippen LogP contribution in [0.25, 0.3) is 0 Å². The van der Waals surface area contributed by atoms with Gasteiger partial charge in [0.15, 0.2) is 0 Å². The lowest BCUT2D eigenvalue weighted by Crippen LogP contribution is -2.38. The molecular weight excluding hydrogens is 343 g/mol. The van der Waals surface area contributed by atoms with Gasteiger partial charge in [-0.2, -0.15) is 0 Å². The van der Waals surface area contributed by atoms with Crippen LogP contribution in [0.4, 0.5) is 4.39 Å². The molecule has 3 heterocycles. The van der Waals surface area contributed by atoms with Crippen molar-refractivity contribution in [3.05, 3.63) is 32.4 Å². The van der Waals surface area contributed by atoms with E-state index in [4.69, 9.17) is 11.6 Å². The van der Waals surface area contributed by atoms with Crippen LogP contribution in [0.1, 0.15) is 17.0 Å². The second-order valence-electron chi connectivity index (χ2n) is 5.69. The predicted molar refractivity (Wildman–Crippen MR) is 89.3 cm³/mol. The molecule has 0 unspecified atom stereocenters. The number of alkyl halides is 1. The summed E-state index contributed by atoms with van der Waals surface area (Å²) in [5.74, 6) is 0. The van der Waals surface area contributed by atoms with Gasteiger partial charge in [-0.25, -0.2) is 4.39 Å². The van der Waals surface area contributed by atoms with Gasteiger partial charge in [0.05, 0.1) is 0 Å². The zero-order valence-corrected chi connectivity index (χ0v) is 14.7. The van der Waals surface area contributed by atoms with Crippen LogP contribution in [0.15, 0.2) is 17.5 Å². The van der Waals surface area contributed by atoms with Gasteiger partial charge in [0.25, 0.3) is 0 Å². The maximum atomic E-state index is 13.8. The molecule has 8 heteroatoms. The van der Waals surface area contributed by atoms with E-state index in [2.05, 4.69) is 30.8 Å². The van der Waals surface area contributed by atoms with E-state index in [1.54, 1.807) is 11.3 Å². The van der Waals surface area contributed by atoms with Crippen LogP contribution in [0, 0.1) is 0 Å². The normalized spacial score (nSPS) is 22.7. The molecule has 0 bridgehead atoms.